The van der Waals surface area contributed by atoms with Gasteiger partial charge in [-0.05, 0) is 18.2 Å². The van der Waals surface area contributed by atoms with Crippen molar-refractivity contribution in [1.82, 2.24) is 9.97 Å². The van der Waals surface area contributed by atoms with E-state index in [1.165, 1.54) is 6.20 Å². The molecule has 0 spiro atoms. The van der Waals surface area contributed by atoms with Gasteiger partial charge in [0.05, 0.1) is 16.7 Å². The third kappa shape index (κ3) is 4.34. The Labute approximate surface area is 149 Å². The number of nitrogens with zero attached hydrogens (tertiary/aromatic N) is 4. The Morgan fingerprint density at radius 2 is 1.73 bits per heavy atom. The molecule has 0 bridgehead atoms. The Morgan fingerprint density at radius 3 is 2.27 bits per heavy atom. The second kappa shape index (κ2) is 6.98. The van der Waals surface area contributed by atoms with Crippen molar-refractivity contribution in [3.63, 3.8) is 0 Å². The SMILES string of the molecule is CN(C)c1ncc(NS(=O)(=O)c2cccc(C(F)(F)F)c2)c(N(C)C)n1. The van der Waals surface area contributed by atoms with Gasteiger partial charge in [-0.15, -0.1) is 0 Å². The fourth-order valence-corrected chi connectivity index (χ4v) is 3.13. The summed E-state index contributed by atoms with van der Waals surface area (Å²) in [6.45, 7) is 0. The lowest BCUT2D eigenvalue weighted by molar-refractivity contribution is -0.137. The lowest BCUT2D eigenvalue weighted by Crippen LogP contribution is -2.21. The third-order valence-electron chi connectivity index (χ3n) is 3.30. The van der Waals surface area contributed by atoms with Crippen LogP contribution in [0, 0.1) is 0 Å². The summed E-state index contributed by atoms with van der Waals surface area (Å²) in [5, 5.41) is 0. The number of hydrogen-bond acceptors (Lipinski definition) is 6. The van der Waals surface area contributed by atoms with Crippen LogP contribution in [-0.4, -0.2) is 46.6 Å². The predicted octanol–water partition coefficient (Wildman–Crippen LogP) is 2.43. The minimum atomic E-state index is -4.64. The van der Waals surface area contributed by atoms with E-state index in [0.29, 0.717) is 12.0 Å². The van der Waals surface area contributed by atoms with Crippen molar-refractivity contribution in [2.45, 2.75) is 11.1 Å². The fraction of sp³-hybridized carbons (Fsp3) is 0.333. The highest BCUT2D eigenvalue weighted by Gasteiger charge is 2.32. The number of halogens is 3. The summed E-state index contributed by atoms with van der Waals surface area (Å²) in [4.78, 5) is 11.0. The maximum absolute atomic E-state index is 12.8. The summed E-state index contributed by atoms with van der Waals surface area (Å²) in [6, 6.07) is 3.50. The molecule has 0 amide bonds. The van der Waals surface area contributed by atoms with Crippen LogP contribution in [0.5, 0.6) is 0 Å². The Balaban J connectivity index is 2.44. The summed E-state index contributed by atoms with van der Waals surface area (Å²) >= 11 is 0. The second-order valence-electron chi connectivity index (χ2n) is 5.83. The molecule has 2 rings (SSSR count). The summed E-state index contributed by atoms with van der Waals surface area (Å²) in [6.07, 6.45) is -3.38. The van der Waals surface area contributed by atoms with Crippen LogP contribution in [0.25, 0.3) is 0 Å². The van der Waals surface area contributed by atoms with Crippen LogP contribution in [-0.2, 0) is 16.2 Å². The van der Waals surface area contributed by atoms with Gasteiger partial charge in [-0.2, -0.15) is 18.2 Å². The van der Waals surface area contributed by atoms with Crippen LogP contribution in [0.2, 0.25) is 0 Å². The van der Waals surface area contributed by atoms with E-state index in [-0.39, 0.29) is 11.5 Å². The van der Waals surface area contributed by atoms with Crippen LogP contribution in [0.4, 0.5) is 30.6 Å². The van der Waals surface area contributed by atoms with Gasteiger partial charge in [-0.3, -0.25) is 4.72 Å². The molecule has 0 atom stereocenters. The highest BCUT2D eigenvalue weighted by atomic mass is 32.2. The molecule has 26 heavy (non-hydrogen) atoms. The van der Waals surface area contributed by atoms with Crippen molar-refractivity contribution in [3.8, 4) is 0 Å². The zero-order valence-electron chi connectivity index (χ0n) is 14.5. The maximum Gasteiger partial charge on any atom is 0.416 e. The van der Waals surface area contributed by atoms with E-state index >= 15 is 0 Å². The number of anilines is 3. The van der Waals surface area contributed by atoms with E-state index in [4.69, 9.17) is 0 Å². The highest BCUT2D eigenvalue weighted by Crippen LogP contribution is 2.31. The normalized spacial score (nSPS) is 12.0. The van der Waals surface area contributed by atoms with Crippen molar-refractivity contribution in [2.24, 2.45) is 0 Å². The molecule has 1 N–H and O–H groups in total. The van der Waals surface area contributed by atoms with Crippen LogP contribution in [0.15, 0.2) is 35.4 Å². The molecule has 7 nitrogen and oxygen atoms in total. The van der Waals surface area contributed by atoms with E-state index in [2.05, 4.69) is 14.7 Å². The largest absolute Gasteiger partial charge is 0.416 e. The molecule has 0 fully saturated rings. The Bertz CT molecular complexity index is 898. The molecular weight excluding hydrogens is 371 g/mol. The predicted molar refractivity (Wildman–Crippen MR) is 92.9 cm³/mol. The molecule has 11 heteroatoms. The molecule has 0 aliphatic heterocycles. The smallest absolute Gasteiger partial charge is 0.361 e. The van der Waals surface area contributed by atoms with Crippen molar-refractivity contribution in [1.29, 1.82) is 0 Å². The van der Waals surface area contributed by atoms with E-state index in [1.807, 2.05) is 0 Å². The number of rotatable bonds is 5. The average molecular weight is 389 g/mol. The molecule has 142 valence electrons. The Morgan fingerprint density at radius 1 is 1.08 bits per heavy atom. The minimum absolute atomic E-state index is 0.0537. The van der Waals surface area contributed by atoms with Crippen molar-refractivity contribution in [2.75, 3.05) is 42.7 Å². The van der Waals surface area contributed by atoms with E-state index in [0.717, 1.165) is 18.2 Å². The molecule has 0 aliphatic carbocycles. The molecule has 1 aromatic heterocycles. The first-order valence-corrected chi connectivity index (χ1v) is 8.82. The summed E-state index contributed by atoms with van der Waals surface area (Å²) < 4.78 is 65.8. The van der Waals surface area contributed by atoms with Gasteiger partial charge in [-0.1, -0.05) is 6.07 Å². The van der Waals surface area contributed by atoms with E-state index < -0.39 is 26.7 Å². The fourth-order valence-electron chi connectivity index (χ4n) is 2.04. The monoisotopic (exact) mass is 389 g/mol. The van der Waals surface area contributed by atoms with Gasteiger partial charge in [0.2, 0.25) is 5.95 Å². The van der Waals surface area contributed by atoms with Crippen molar-refractivity contribution < 1.29 is 21.6 Å². The summed E-state index contributed by atoms with van der Waals surface area (Å²) in [7, 11) is 2.50. The van der Waals surface area contributed by atoms with Crippen LogP contribution < -0.4 is 14.5 Å². The number of alkyl halides is 3. The zero-order valence-corrected chi connectivity index (χ0v) is 15.4. The van der Waals surface area contributed by atoms with Gasteiger partial charge in [-0.25, -0.2) is 13.4 Å². The molecular formula is C15H18F3N5O2S. The quantitative estimate of drug-likeness (QED) is 0.846. The van der Waals surface area contributed by atoms with Crippen molar-refractivity contribution >= 4 is 27.5 Å². The molecule has 0 saturated carbocycles. The summed E-state index contributed by atoms with van der Waals surface area (Å²) in [5.41, 5.74) is -0.995. The van der Waals surface area contributed by atoms with E-state index in [9.17, 15) is 21.6 Å². The number of nitrogens with one attached hydrogen (secondary N) is 1. The summed E-state index contributed by atoms with van der Waals surface area (Å²) in [5.74, 6) is 0.634. The first kappa shape index (κ1) is 19.8. The molecule has 0 aliphatic rings. The average Bonchev–Trinajstić information content (AvgIpc) is 2.53. The van der Waals surface area contributed by atoms with Crippen LogP contribution in [0.3, 0.4) is 0 Å². The lowest BCUT2D eigenvalue weighted by atomic mass is 10.2. The second-order valence-corrected chi connectivity index (χ2v) is 7.51. The number of sulfonamides is 1. The number of aromatic nitrogens is 2. The van der Waals surface area contributed by atoms with E-state index in [1.54, 1.807) is 38.0 Å². The molecule has 0 unspecified atom stereocenters. The molecule has 1 heterocycles. The van der Waals surface area contributed by atoms with Gasteiger partial charge in [0, 0.05) is 28.2 Å². The van der Waals surface area contributed by atoms with Crippen LogP contribution >= 0.6 is 0 Å². The molecule has 0 saturated heterocycles. The van der Waals surface area contributed by atoms with Crippen molar-refractivity contribution in [3.05, 3.63) is 36.0 Å². The van der Waals surface area contributed by atoms with Gasteiger partial charge in [0.15, 0.2) is 5.82 Å². The highest BCUT2D eigenvalue weighted by molar-refractivity contribution is 7.92. The Hall–Kier alpha value is -2.56. The minimum Gasteiger partial charge on any atom is -0.361 e. The third-order valence-corrected chi connectivity index (χ3v) is 4.66. The molecule has 0 radical (unpaired) electrons. The first-order chi connectivity index (χ1) is 11.9. The standard InChI is InChI=1S/C15H18F3N5O2S/c1-22(2)13-12(9-19-14(20-13)23(3)4)21-26(24,25)11-7-5-6-10(8-11)15(16,17)18/h5-9,21H,1-4H3. The van der Waals surface area contributed by atoms with Gasteiger partial charge < -0.3 is 9.80 Å². The number of benzene rings is 1. The topological polar surface area (TPSA) is 78.4 Å². The van der Waals surface area contributed by atoms with Crippen LogP contribution in [0.1, 0.15) is 5.56 Å². The molecule has 1 aromatic carbocycles. The van der Waals surface area contributed by atoms with Gasteiger partial charge in [0.1, 0.15) is 5.69 Å². The zero-order chi connectivity index (χ0) is 19.7. The maximum atomic E-state index is 12.8. The van der Waals surface area contributed by atoms with Gasteiger partial charge in [0.25, 0.3) is 10.0 Å². The molecule has 2 aromatic rings. The first-order valence-electron chi connectivity index (χ1n) is 7.33. The lowest BCUT2D eigenvalue weighted by Gasteiger charge is -2.20. The number of hydrogen-bond donors (Lipinski definition) is 1. The Kier molecular flexibility index (Phi) is 5.31. The van der Waals surface area contributed by atoms with Gasteiger partial charge >= 0.3 is 6.18 Å².